The number of nitro benzene ring substituents is 1. The van der Waals surface area contributed by atoms with Crippen LogP contribution in [-0.2, 0) is 19.9 Å². The van der Waals surface area contributed by atoms with Gasteiger partial charge in [-0.25, -0.2) is 4.90 Å². The topological polar surface area (TPSA) is 113 Å². The predicted octanol–water partition coefficient (Wildman–Crippen LogP) is 2.03. The van der Waals surface area contributed by atoms with Crippen LogP contribution < -0.4 is 10.2 Å². The molecular formula is C22H18N4O5. The second kappa shape index (κ2) is 5.98. The summed E-state index contributed by atoms with van der Waals surface area (Å²) in [6.45, 7) is 0.636. The van der Waals surface area contributed by atoms with Crippen LogP contribution in [0.3, 0.4) is 0 Å². The summed E-state index contributed by atoms with van der Waals surface area (Å²) in [6.07, 6.45) is 1.56. The molecule has 0 saturated carbocycles. The number of para-hydroxylation sites is 1. The van der Waals surface area contributed by atoms with Crippen molar-refractivity contribution in [2.45, 2.75) is 24.4 Å². The summed E-state index contributed by atoms with van der Waals surface area (Å²) in [6, 6.07) is 12.6. The fourth-order valence-corrected chi connectivity index (χ4v) is 6.16. The van der Waals surface area contributed by atoms with Crippen molar-refractivity contribution in [1.29, 1.82) is 0 Å². The normalized spacial score (nSPS) is 31.2. The summed E-state index contributed by atoms with van der Waals surface area (Å²) in [7, 11) is 0. The third kappa shape index (κ3) is 2.06. The molecule has 9 nitrogen and oxygen atoms in total. The van der Waals surface area contributed by atoms with Gasteiger partial charge in [-0.2, -0.15) is 0 Å². The molecule has 4 heterocycles. The molecule has 0 aromatic heterocycles. The fraction of sp³-hybridized carbons (Fsp3) is 0.318. The number of imide groups is 1. The summed E-state index contributed by atoms with van der Waals surface area (Å²) in [5, 5.41) is 14.1. The maximum atomic E-state index is 13.8. The van der Waals surface area contributed by atoms with Crippen molar-refractivity contribution in [2.24, 2.45) is 11.8 Å². The van der Waals surface area contributed by atoms with Gasteiger partial charge in [0.15, 0.2) is 0 Å². The Morgan fingerprint density at radius 3 is 2.68 bits per heavy atom. The second-order valence-electron chi connectivity index (χ2n) is 8.46. The lowest BCUT2D eigenvalue weighted by Gasteiger charge is -2.36. The van der Waals surface area contributed by atoms with Crippen LogP contribution >= 0.6 is 0 Å². The zero-order valence-corrected chi connectivity index (χ0v) is 16.4. The van der Waals surface area contributed by atoms with Crippen LogP contribution in [-0.4, -0.2) is 40.1 Å². The van der Waals surface area contributed by atoms with E-state index in [4.69, 9.17) is 0 Å². The van der Waals surface area contributed by atoms with Gasteiger partial charge in [-0.1, -0.05) is 24.3 Å². The average Bonchev–Trinajstić information content (AvgIpc) is 3.46. The molecule has 1 spiro atoms. The third-order valence-corrected chi connectivity index (χ3v) is 7.20. The quantitative estimate of drug-likeness (QED) is 0.454. The maximum Gasteiger partial charge on any atom is 0.271 e. The minimum Gasteiger partial charge on any atom is -0.324 e. The number of carbonyl (C=O) groups is 3. The molecule has 4 aliphatic heterocycles. The Labute approximate surface area is 176 Å². The molecule has 3 saturated heterocycles. The minimum atomic E-state index is -1.23. The summed E-state index contributed by atoms with van der Waals surface area (Å²) in [4.78, 5) is 54.5. The number of rotatable bonds is 2. The van der Waals surface area contributed by atoms with Gasteiger partial charge in [0.05, 0.1) is 22.4 Å². The van der Waals surface area contributed by atoms with E-state index in [1.807, 2.05) is 23.1 Å². The van der Waals surface area contributed by atoms with Gasteiger partial charge in [0, 0.05) is 29.4 Å². The number of non-ortho nitro benzene ring substituents is 1. The van der Waals surface area contributed by atoms with Gasteiger partial charge in [0.25, 0.3) is 5.69 Å². The van der Waals surface area contributed by atoms with Gasteiger partial charge in [-0.05, 0) is 31.5 Å². The molecule has 2 aromatic carbocycles. The van der Waals surface area contributed by atoms with Crippen LogP contribution in [0.2, 0.25) is 0 Å². The van der Waals surface area contributed by atoms with Crippen molar-refractivity contribution in [2.75, 3.05) is 16.8 Å². The molecule has 1 N–H and O–H groups in total. The number of anilines is 2. The van der Waals surface area contributed by atoms with Crippen LogP contribution in [0.15, 0.2) is 48.5 Å². The molecule has 31 heavy (non-hydrogen) atoms. The molecule has 156 valence electrons. The Morgan fingerprint density at radius 2 is 1.87 bits per heavy atom. The SMILES string of the molecule is O=C1[C@H]2[C@@H](C(=O)N1c1cccc([N+](=O)[O-])c1)[C@@]1(C(=O)Nc3ccccc31)N1CCC[C@@H]21. The van der Waals surface area contributed by atoms with E-state index in [2.05, 4.69) is 5.32 Å². The lowest BCUT2D eigenvalue weighted by atomic mass is 9.75. The molecule has 9 heteroatoms. The van der Waals surface area contributed by atoms with Crippen molar-refractivity contribution in [3.8, 4) is 0 Å². The summed E-state index contributed by atoms with van der Waals surface area (Å²) < 4.78 is 0. The second-order valence-corrected chi connectivity index (χ2v) is 8.46. The molecule has 0 unspecified atom stereocenters. The van der Waals surface area contributed by atoms with Crippen molar-refractivity contribution < 1.29 is 19.3 Å². The van der Waals surface area contributed by atoms with Crippen molar-refractivity contribution in [3.63, 3.8) is 0 Å². The standard InChI is InChI=1S/C22H18N4O5/c27-19-17-16-9-4-10-24(16)22(14-7-1-2-8-15(14)23-21(22)29)18(17)20(28)25(19)12-5-3-6-13(11-12)26(30)31/h1-3,5-8,11,16-18H,4,9-10H2,(H,23,29)/t16-,17+,18-,22-/m0/s1. The number of fused-ring (bicyclic) bond motifs is 7. The van der Waals surface area contributed by atoms with Crippen molar-refractivity contribution >= 4 is 34.8 Å². The predicted molar refractivity (Wildman–Crippen MR) is 109 cm³/mol. The van der Waals surface area contributed by atoms with Crippen LogP contribution in [0, 0.1) is 22.0 Å². The Morgan fingerprint density at radius 1 is 1.06 bits per heavy atom. The van der Waals surface area contributed by atoms with E-state index in [0.717, 1.165) is 23.3 Å². The maximum absolute atomic E-state index is 13.8. The highest BCUT2D eigenvalue weighted by molar-refractivity contribution is 6.25. The highest BCUT2D eigenvalue weighted by Crippen LogP contribution is 2.60. The smallest absolute Gasteiger partial charge is 0.271 e. The van der Waals surface area contributed by atoms with E-state index in [0.29, 0.717) is 12.2 Å². The number of nitro groups is 1. The number of hydrogen-bond donors (Lipinski definition) is 1. The third-order valence-electron chi connectivity index (χ3n) is 7.20. The van der Waals surface area contributed by atoms with Crippen LogP contribution in [0.25, 0.3) is 0 Å². The van der Waals surface area contributed by atoms with E-state index in [1.165, 1.54) is 24.3 Å². The molecule has 3 fully saturated rings. The first-order valence-corrected chi connectivity index (χ1v) is 10.3. The molecule has 6 rings (SSSR count). The minimum absolute atomic E-state index is 0.171. The number of benzene rings is 2. The Kier molecular flexibility index (Phi) is 3.51. The van der Waals surface area contributed by atoms with E-state index < -0.39 is 28.2 Å². The van der Waals surface area contributed by atoms with Gasteiger partial charge in [0.2, 0.25) is 17.7 Å². The summed E-state index contributed by atoms with van der Waals surface area (Å²) in [5.74, 6) is -2.67. The first-order valence-electron chi connectivity index (χ1n) is 10.3. The van der Waals surface area contributed by atoms with Gasteiger partial charge < -0.3 is 5.32 Å². The lowest BCUT2D eigenvalue weighted by molar-refractivity contribution is -0.384. The van der Waals surface area contributed by atoms with Crippen molar-refractivity contribution in [3.05, 3.63) is 64.2 Å². The number of hydrogen-bond acceptors (Lipinski definition) is 6. The molecular weight excluding hydrogens is 400 g/mol. The molecule has 0 bridgehead atoms. The van der Waals surface area contributed by atoms with Gasteiger partial charge in [-0.3, -0.25) is 29.4 Å². The zero-order valence-electron chi connectivity index (χ0n) is 16.4. The number of carbonyl (C=O) groups excluding carboxylic acids is 3. The number of nitrogens with one attached hydrogen (secondary N) is 1. The highest BCUT2D eigenvalue weighted by atomic mass is 16.6. The molecule has 4 atom stereocenters. The summed E-state index contributed by atoms with van der Waals surface area (Å²) >= 11 is 0. The fourth-order valence-electron chi connectivity index (χ4n) is 6.16. The average molecular weight is 418 g/mol. The molecule has 3 amide bonds. The van der Waals surface area contributed by atoms with Gasteiger partial charge in [-0.15, -0.1) is 0 Å². The lowest BCUT2D eigenvalue weighted by Crippen LogP contribution is -2.54. The Balaban J connectivity index is 1.53. The van der Waals surface area contributed by atoms with Gasteiger partial charge in [0.1, 0.15) is 5.54 Å². The zero-order chi connectivity index (χ0) is 21.5. The van der Waals surface area contributed by atoms with E-state index >= 15 is 0 Å². The molecule has 2 aromatic rings. The monoisotopic (exact) mass is 418 g/mol. The first-order chi connectivity index (χ1) is 15.0. The van der Waals surface area contributed by atoms with Crippen LogP contribution in [0.1, 0.15) is 18.4 Å². The van der Waals surface area contributed by atoms with Crippen LogP contribution in [0.5, 0.6) is 0 Å². The number of nitrogens with zero attached hydrogens (tertiary/aromatic N) is 3. The number of amides is 3. The van der Waals surface area contributed by atoms with Crippen molar-refractivity contribution in [1.82, 2.24) is 4.90 Å². The van der Waals surface area contributed by atoms with E-state index in [1.54, 1.807) is 6.07 Å². The molecule has 0 radical (unpaired) electrons. The largest absolute Gasteiger partial charge is 0.324 e. The summed E-state index contributed by atoms with van der Waals surface area (Å²) in [5.41, 5.74) is 0.126. The van der Waals surface area contributed by atoms with E-state index in [-0.39, 0.29) is 29.2 Å². The van der Waals surface area contributed by atoms with Gasteiger partial charge >= 0.3 is 0 Å². The van der Waals surface area contributed by atoms with Crippen LogP contribution in [0.4, 0.5) is 17.1 Å². The Bertz CT molecular complexity index is 1200. The molecule has 4 aliphatic rings. The van der Waals surface area contributed by atoms with E-state index in [9.17, 15) is 24.5 Å². The first kappa shape index (κ1) is 18.2. The molecule has 0 aliphatic carbocycles. The Hall–Kier alpha value is -3.59. The highest BCUT2D eigenvalue weighted by Gasteiger charge is 2.74.